The van der Waals surface area contributed by atoms with E-state index < -0.39 is 0 Å². The number of benzene rings is 2. The van der Waals surface area contributed by atoms with Gasteiger partial charge in [0, 0.05) is 46.9 Å². The number of carbonyl (C=O) groups is 1. The number of hydrogen-bond acceptors (Lipinski definition) is 2. The fourth-order valence-corrected chi connectivity index (χ4v) is 4.10. The maximum atomic E-state index is 12.6. The van der Waals surface area contributed by atoms with E-state index in [1.54, 1.807) is 4.90 Å². The van der Waals surface area contributed by atoms with Gasteiger partial charge in [-0.25, -0.2) is 0 Å². The molecule has 2 aromatic carbocycles. The zero-order valence-electron chi connectivity index (χ0n) is 15.9. The third kappa shape index (κ3) is 3.14. The molecule has 0 aliphatic carbocycles. The second-order valence-corrected chi connectivity index (χ2v) is 7.72. The Bertz CT molecular complexity index is 1060. The van der Waals surface area contributed by atoms with Crippen LogP contribution in [0.5, 0.6) is 0 Å². The van der Waals surface area contributed by atoms with E-state index in [0.29, 0.717) is 11.6 Å². The van der Waals surface area contributed by atoms with E-state index >= 15 is 0 Å². The van der Waals surface area contributed by atoms with Crippen LogP contribution in [0.4, 0.5) is 5.69 Å². The van der Waals surface area contributed by atoms with Crippen LogP contribution >= 0.6 is 11.6 Å². The summed E-state index contributed by atoms with van der Waals surface area (Å²) in [6.45, 7) is 6.95. The van der Waals surface area contributed by atoms with E-state index in [0.717, 1.165) is 46.3 Å². The molecule has 3 aromatic rings. The van der Waals surface area contributed by atoms with Crippen molar-refractivity contribution in [2.45, 2.75) is 25.8 Å². The molecule has 142 valence electrons. The van der Waals surface area contributed by atoms with Gasteiger partial charge in [0.05, 0.1) is 11.1 Å². The second-order valence-electron chi connectivity index (χ2n) is 7.28. The maximum Gasteiger partial charge on any atom is 0.258 e. The van der Waals surface area contributed by atoms with Crippen LogP contribution in [0.15, 0.2) is 61.3 Å². The van der Waals surface area contributed by atoms with Crippen LogP contribution < -0.4 is 10.3 Å². The van der Waals surface area contributed by atoms with Gasteiger partial charge in [-0.1, -0.05) is 36.4 Å². The average Bonchev–Trinajstić information content (AvgIpc) is 2.93. The third-order valence-electron chi connectivity index (χ3n) is 5.48. The van der Waals surface area contributed by atoms with Crippen molar-refractivity contribution in [2.75, 3.05) is 12.3 Å². The van der Waals surface area contributed by atoms with Crippen LogP contribution in [0.25, 0.3) is 16.6 Å². The summed E-state index contributed by atoms with van der Waals surface area (Å²) < 4.78 is 2.20. The number of amides is 1. The number of halogens is 1. The number of rotatable bonds is 5. The molecule has 0 radical (unpaired) electrons. The first-order valence-corrected chi connectivity index (χ1v) is 9.84. The second kappa shape index (κ2) is 7.28. The molecule has 0 fully saturated rings. The lowest BCUT2D eigenvalue weighted by Crippen LogP contribution is -2.39. The van der Waals surface area contributed by atoms with Gasteiger partial charge in [-0.15, -0.1) is 0 Å². The van der Waals surface area contributed by atoms with Crippen molar-refractivity contribution in [1.82, 2.24) is 4.90 Å². The molecule has 1 amide bonds. The highest BCUT2D eigenvalue weighted by atomic mass is 35.5. The van der Waals surface area contributed by atoms with Gasteiger partial charge in [-0.2, -0.15) is 4.57 Å². The molecule has 2 heterocycles. The molecule has 4 rings (SSSR count). The van der Waals surface area contributed by atoms with Crippen molar-refractivity contribution in [3.63, 3.8) is 0 Å². The molecule has 1 aliphatic heterocycles. The van der Waals surface area contributed by atoms with Crippen LogP contribution in [-0.4, -0.2) is 17.4 Å². The molecule has 2 N–H and O–H groups in total. The number of carbonyl (C=O) groups excluding carboxylic acids is 1. The average molecular weight is 393 g/mol. The molecular formula is C23H23ClN3O+. The first-order valence-electron chi connectivity index (χ1n) is 9.46. The molecule has 1 unspecified atom stereocenters. The van der Waals surface area contributed by atoms with E-state index in [1.165, 1.54) is 0 Å². The van der Waals surface area contributed by atoms with Gasteiger partial charge in [-0.05, 0) is 31.5 Å². The van der Waals surface area contributed by atoms with Crippen LogP contribution in [-0.2, 0) is 0 Å². The summed E-state index contributed by atoms with van der Waals surface area (Å²) in [5.74, 6) is 0.0469. The number of fused-ring (bicyclic) bond motifs is 2. The Morgan fingerprint density at radius 3 is 2.68 bits per heavy atom. The fourth-order valence-electron chi connectivity index (χ4n) is 3.93. The lowest BCUT2D eigenvalue weighted by molar-refractivity contribution is -0.695. The molecule has 0 saturated carbocycles. The van der Waals surface area contributed by atoms with Gasteiger partial charge < -0.3 is 10.6 Å². The molecular weight excluding hydrogens is 370 g/mol. The zero-order valence-corrected chi connectivity index (χ0v) is 16.6. The Morgan fingerprint density at radius 2 is 1.93 bits per heavy atom. The summed E-state index contributed by atoms with van der Waals surface area (Å²) in [5.41, 5.74) is 10.4. The van der Waals surface area contributed by atoms with Crippen molar-refractivity contribution in [1.29, 1.82) is 0 Å². The standard InChI is InChI=1S/C23H22ClN3O/c1-15(26-13-11-21(25)20-10-9-17(24)14-22(20)26)6-5-12-27-16(2)18-7-3-4-8-19(18)23(27)28/h3-4,7-11,13-15,25H,2,5-6,12H2,1H3/p+1. The number of nitrogen functional groups attached to an aromatic ring is 1. The maximum absolute atomic E-state index is 12.6. The Morgan fingerprint density at radius 1 is 1.18 bits per heavy atom. The van der Waals surface area contributed by atoms with E-state index in [9.17, 15) is 4.79 Å². The molecule has 1 aliphatic rings. The van der Waals surface area contributed by atoms with Crippen LogP contribution in [0.1, 0.15) is 41.7 Å². The smallest absolute Gasteiger partial charge is 0.258 e. The number of hydrogen-bond donors (Lipinski definition) is 1. The minimum absolute atomic E-state index is 0.0469. The zero-order chi connectivity index (χ0) is 19.8. The molecule has 1 aromatic heterocycles. The Labute approximate surface area is 169 Å². The molecule has 4 nitrogen and oxygen atoms in total. The Kier molecular flexibility index (Phi) is 4.82. The number of aromatic nitrogens is 1. The Balaban J connectivity index is 1.48. The quantitative estimate of drug-likeness (QED) is 0.632. The predicted octanol–water partition coefficient (Wildman–Crippen LogP) is 4.83. The molecule has 0 saturated heterocycles. The highest BCUT2D eigenvalue weighted by molar-refractivity contribution is 6.31. The van der Waals surface area contributed by atoms with Gasteiger partial charge in [0.2, 0.25) is 5.52 Å². The van der Waals surface area contributed by atoms with Crippen molar-refractivity contribution in [3.05, 3.63) is 77.5 Å². The largest absolute Gasteiger partial charge is 0.398 e. The first kappa shape index (κ1) is 18.5. The summed E-state index contributed by atoms with van der Waals surface area (Å²) in [5, 5.41) is 1.69. The molecule has 0 spiro atoms. The number of nitrogens with two attached hydrogens (primary N) is 1. The molecule has 1 atom stereocenters. The van der Waals surface area contributed by atoms with Crippen molar-refractivity contribution >= 4 is 39.8 Å². The highest BCUT2D eigenvalue weighted by Gasteiger charge is 2.30. The lowest BCUT2D eigenvalue weighted by atomic mass is 10.1. The van der Waals surface area contributed by atoms with Gasteiger partial charge in [0.1, 0.15) is 0 Å². The minimum atomic E-state index is 0.0469. The minimum Gasteiger partial charge on any atom is -0.398 e. The van der Waals surface area contributed by atoms with Crippen LogP contribution in [0, 0.1) is 0 Å². The van der Waals surface area contributed by atoms with E-state index in [1.807, 2.05) is 54.7 Å². The topological polar surface area (TPSA) is 50.2 Å². The summed E-state index contributed by atoms with van der Waals surface area (Å²) in [6.07, 6.45) is 3.80. The van der Waals surface area contributed by atoms with Crippen molar-refractivity contribution in [2.24, 2.45) is 0 Å². The normalized spacial score (nSPS) is 14.6. The number of nitrogens with zero attached hydrogens (tertiary/aromatic N) is 2. The highest BCUT2D eigenvalue weighted by Crippen LogP contribution is 2.31. The molecule has 5 heteroatoms. The van der Waals surface area contributed by atoms with Gasteiger partial charge in [0.15, 0.2) is 12.2 Å². The number of pyridine rings is 1. The van der Waals surface area contributed by atoms with Crippen LogP contribution in [0.2, 0.25) is 5.02 Å². The Hall–Kier alpha value is -2.85. The van der Waals surface area contributed by atoms with E-state index in [-0.39, 0.29) is 11.9 Å². The van der Waals surface area contributed by atoms with E-state index in [4.69, 9.17) is 17.3 Å². The van der Waals surface area contributed by atoms with Gasteiger partial charge >= 0.3 is 0 Å². The van der Waals surface area contributed by atoms with Crippen molar-refractivity contribution in [3.8, 4) is 0 Å². The summed E-state index contributed by atoms with van der Waals surface area (Å²) >= 11 is 6.21. The SMILES string of the molecule is C=C1c2ccccc2C(=O)N1CCCC(C)[n+]1ccc(N)c2ccc(Cl)cc21. The van der Waals surface area contributed by atoms with Gasteiger partial charge in [-0.3, -0.25) is 4.79 Å². The monoisotopic (exact) mass is 392 g/mol. The third-order valence-corrected chi connectivity index (χ3v) is 5.72. The number of anilines is 1. The fraction of sp³-hybridized carbons (Fsp3) is 0.217. The van der Waals surface area contributed by atoms with E-state index in [2.05, 4.69) is 18.1 Å². The molecule has 28 heavy (non-hydrogen) atoms. The lowest BCUT2D eigenvalue weighted by Gasteiger charge is -2.18. The molecule has 0 bridgehead atoms. The summed E-state index contributed by atoms with van der Waals surface area (Å²) in [6, 6.07) is 15.6. The van der Waals surface area contributed by atoms with Gasteiger partial charge in [0.25, 0.3) is 5.91 Å². The predicted molar refractivity (Wildman–Crippen MR) is 114 cm³/mol. The first-order chi connectivity index (χ1) is 13.5. The van der Waals surface area contributed by atoms with Crippen LogP contribution in [0.3, 0.4) is 0 Å². The summed E-state index contributed by atoms with van der Waals surface area (Å²) in [4.78, 5) is 14.4. The van der Waals surface area contributed by atoms with Crippen molar-refractivity contribution < 1.29 is 9.36 Å². The summed E-state index contributed by atoms with van der Waals surface area (Å²) in [7, 11) is 0.